The molecule has 2 saturated heterocycles. The molecule has 1 atom stereocenters. The molecule has 2 heterocycles. The lowest BCUT2D eigenvalue weighted by atomic mass is 10.2. The van der Waals surface area contributed by atoms with Gasteiger partial charge in [-0.3, -0.25) is 4.90 Å². The van der Waals surface area contributed by atoms with E-state index in [1.54, 1.807) is 0 Å². The van der Waals surface area contributed by atoms with Gasteiger partial charge in [0.1, 0.15) is 0 Å². The molecule has 19 heavy (non-hydrogen) atoms. The van der Waals surface area contributed by atoms with Crippen LogP contribution in [0.25, 0.3) is 0 Å². The molecule has 4 nitrogen and oxygen atoms in total. The minimum Gasteiger partial charge on any atom is -0.382 e. The van der Waals surface area contributed by atoms with E-state index in [1.165, 1.54) is 32.4 Å². The fourth-order valence-corrected chi connectivity index (χ4v) is 3.22. The molecule has 2 aliphatic heterocycles. The summed E-state index contributed by atoms with van der Waals surface area (Å²) < 4.78 is 5.32. The maximum Gasteiger partial charge on any atom is 0.168 e. The Morgan fingerprint density at radius 3 is 2.84 bits per heavy atom. The van der Waals surface area contributed by atoms with Gasteiger partial charge in [0.25, 0.3) is 0 Å². The van der Waals surface area contributed by atoms with Gasteiger partial charge in [0.2, 0.25) is 0 Å². The molecule has 2 fully saturated rings. The first kappa shape index (κ1) is 15.0. The Bertz CT molecular complexity index is 282. The molecule has 2 aliphatic rings. The lowest BCUT2D eigenvalue weighted by molar-refractivity contribution is 0.145. The average Bonchev–Trinajstić information content (AvgIpc) is 3.08. The van der Waals surface area contributed by atoms with E-state index in [9.17, 15) is 0 Å². The highest BCUT2D eigenvalue weighted by atomic mass is 32.1. The SMILES string of the molecule is CCOCCCNC(=S)N1CCC(N2CCCC2)C1. The first-order chi connectivity index (χ1) is 9.31. The second-order valence-electron chi connectivity index (χ2n) is 5.41. The summed E-state index contributed by atoms with van der Waals surface area (Å²) in [5.41, 5.74) is 0. The number of ether oxygens (including phenoxy) is 1. The fourth-order valence-electron chi connectivity index (χ4n) is 2.96. The minimum absolute atomic E-state index is 0.727. The Balaban J connectivity index is 1.61. The molecule has 1 unspecified atom stereocenters. The van der Waals surface area contributed by atoms with Crippen molar-refractivity contribution in [3.63, 3.8) is 0 Å². The first-order valence-electron chi connectivity index (χ1n) is 7.66. The summed E-state index contributed by atoms with van der Waals surface area (Å²) in [4.78, 5) is 4.97. The van der Waals surface area contributed by atoms with Crippen molar-refractivity contribution in [1.29, 1.82) is 0 Å². The highest BCUT2D eigenvalue weighted by molar-refractivity contribution is 7.80. The van der Waals surface area contributed by atoms with Crippen LogP contribution in [-0.2, 0) is 4.74 Å². The van der Waals surface area contributed by atoms with Crippen molar-refractivity contribution >= 4 is 17.3 Å². The summed E-state index contributed by atoms with van der Waals surface area (Å²) in [6.07, 6.45) is 5.03. The zero-order chi connectivity index (χ0) is 13.5. The molecule has 5 heteroatoms. The van der Waals surface area contributed by atoms with E-state index in [-0.39, 0.29) is 0 Å². The van der Waals surface area contributed by atoms with E-state index in [4.69, 9.17) is 17.0 Å². The van der Waals surface area contributed by atoms with Gasteiger partial charge in [-0.2, -0.15) is 0 Å². The highest BCUT2D eigenvalue weighted by Gasteiger charge is 2.30. The monoisotopic (exact) mass is 285 g/mol. The molecule has 0 amide bonds. The van der Waals surface area contributed by atoms with Crippen molar-refractivity contribution in [3.8, 4) is 0 Å². The molecular weight excluding hydrogens is 258 g/mol. The number of thiocarbonyl (C=S) groups is 1. The minimum atomic E-state index is 0.727. The van der Waals surface area contributed by atoms with Crippen LogP contribution in [0.3, 0.4) is 0 Å². The predicted molar refractivity (Wildman–Crippen MR) is 82.5 cm³/mol. The van der Waals surface area contributed by atoms with Gasteiger partial charge in [-0.25, -0.2) is 0 Å². The van der Waals surface area contributed by atoms with Crippen LogP contribution >= 0.6 is 12.2 Å². The van der Waals surface area contributed by atoms with Crippen molar-refractivity contribution in [1.82, 2.24) is 15.1 Å². The fraction of sp³-hybridized carbons (Fsp3) is 0.929. The van der Waals surface area contributed by atoms with Gasteiger partial charge in [0.15, 0.2) is 5.11 Å². The lowest BCUT2D eigenvalue weighted by Gasteiger charge is -2.25. The largest absolute Gasteiger partial charge is 0.382 e. The lowest BCUT2D eigenvalue weighted by Crippen LogP contribution is -2.41. The van der Waals surface area contributed by atoms with Crippen molar-refractivity contribution in [2.75, 3.05) is 45.9 Å². The number of hydrogen-bond acceptors (Lipinski definition) is 3. The Kier molecular flexibility index (Phi) is 6.34. The zero-order valence-corrected chi connectivity index (χ0v) is 12.9. The van der Waals surface area contributed by atoms with Crippen LogP contribution in [-0.4, -0.2) is 66.9 Å². The van der Waals surface area contributed by atoms with Gasteiger partial charge in [-0.15, -0.1) is 0 Å². The van der Waals surface area contributed by atoms with Gasteiger partial charge in [-0.05, 0) is 57.9 Å². The third kappa shape index (κ3) is 4.58. The van der Waals surface area contributed by atoms with E-state index in [1.807, 2.05) is 6.92 Å². The normalized spacial score (nSPS) is 24.1. The van der Waals surface area contributed by atoms with Crippen molar-refractivity contribution in [2.24, 2.45) is 0 Å². The van der Waals surface area contributed by atoms with E-state index < -0.39 is 0 Å². The number of likely N-dealkylation sites (tertiary alicyclic amines) is 2. The van der Waals surface area contributed by atoms with E-state index >= 15 is 0 Å². The highest BCUT2D eigenvalue weighted by Crippen LogP contribution is 2.20. The molecule has 0 aromatic rings. The van der Waals surface area contributed by atoms with Crippen LogP contribution in [0.1, 0.15) is 32.6 Å². The average molecular weight is 285 g/mol. The molecule has 2 rings (SSSR count). The Labute approximate surface area is 122 Å². The number of nitrogens with one attached hydrogen (secondary N) is 1. The molecular formula is C14H27N3OS. The van der Waals surface area contributed by atoms with Crippen molar-refractivity contribution in [3.05, 3.63) is 0 Å². The number of hydrogen-bond donors (Lipinski definition) is 1. The van der Waals surface area contributed by atoms with E-state index in [2.05, 4.69) is 15.1 Å². The predicted octanol–water partition coefficient (Wildman–Crippen LogP) is 1.46. The molecule has 1 N–H and O–H groups in total. The van der Waals surface area contributed by atoms with Crippen LogP contribution in [0.15, 0.2) is 0 Å². The first-order valence-corrected chi connectivity index (χ1v) is 8.06. The Hall–Kier alpha value is -0.390. The Morgan fingerprint density at radius 2 is 2.11 bits per heavy atom. The summed E-state index contributed by atoms with van der Waals surface area (Å²) >= 11 is 5.47. The molecule has 0 radical (unpaired) electrons. The van der Waals surface area contributed by atoms with Gasteiger partial charge in [0.05, 0.1) is 0 Å². The second kappa shape index (κ2) is 8.02. The third-order valence-electron chi connectivity index (χ3n) is 4.05. The van der Waals surface area contributed by atoms with Crippen LogP contribution in [0, 0.1) is 0 Å². The third-order valence-corrected chi connectivity index (χ3v) is 4.46. The topological polar surface area (TPSA) is 27.7 Å². The molecule has 0 saturated carbocycles. The summed E-state index contributed by atoms with van der Waals surface area (Å²) in [5, 5.41) is 4.28. The van der Waals surface area contributed by atoms with Crippen LogP contribution in [0.4, 0.5) is 0 Å². The van der Waals surface area contributed by atoms with Gasteiger partial charge < -0.3 is 15.0 Å². The molecule has 110 valence electrons. The Morgan fingerprint density at radius 1 is 1.32 bits per heavy atom. The van der Waals surface area contributed by atoms with Crippen LogP contribution in [0.2, 0.25) is 0 Å². The number of rotatable bonds is 6. The molecule has 0 bridgehead atoms. The quantitative estimate of drug-likeness (QED) is 0.589. The van der Waals surface area contributed by atoms with Gasteiger partial charge in [0, 0.05) is 38.9 Å². The molecule has 0 aliphatic carbocycles. The maximum atomic E-state index is 5.47. The summed E-state index contributed by atoms with van der Waals surface area (Å²) in [6.45, 7) is 9.36. The van der Waals surface area contributed by atoms with Crippen molar-refractivity contribution in [2.45, 2.75) is 38.6 Å². The summed E-state index contributed by atoms with van der Waals surface area (Å²) in [6, 6.07) is 0.727. The smallest absolute Gasteiger partial charge is 0.168 e. The van der Waals surface area contributed by atoms with Crippen LogP contribution < -0.4 is 5.32 Å². The standard InChI is InChI=1S/C14H27N3OS/c1-2-18-11-5-7-15-14(19)17-10-6-13(12-17)16-8-3-4-9-16/h13H,2-12H2,1H3,(H,15,19). The zero-order valence-electron chi connectivity index (χ0n) is 12.1. The van der Waals surface area contributed by atoms with Gasteiger partial charge in [-0.1, -0.05) is 0 Å². The van der Waals surface area contributed by atoms with E-state index in [0.29, 0.717) is 0 Å². The number of nitrogens with zero attached hydrogens (tertiary/aromatic N) is 2. The summed E-state index contributed by atoms with van der Waals surface area (Å²) in [5.74, 6) is 0. The molecule has 0 spiro atoms. The maximum absolute atomic E-state index is 5.47. The van der Waals surface area contributed by atoms with Gasteiger partial charge >= 0.3 is 0 Å². The van der Waals surface area contributed by atoms with Crippen LogP contribution in [0.5, 0.6) is 0 Å². The van der Waals surface area contributed by atoms with E-state index in [0.717, 1.165) is 50.4 Å². The second-order valence-corrected chi connectivity index (χ2v) is 5.80. The summed E-state index contributed by atoms with van der Waals surface area (Å²) in [7, 11) is 0. The molecule has 0 aromatic carbocycles. The van der Waals surface area contributed by atoms with Crippen molar-refractivity contribution < 1.29 is 4.74 Å². The molecule has 0 aromatic heterocycles.